The minimum absolute atomic E-state index is 0.0193. The lowest BCUT2D eigenvalue weighted by atomic mass is 10.1. The highest BCUT2D eigenvalue weighted by Gasteiger charge is 2.34. The van der Waals surface area contributed by atoms with Crippen LogP contribution in [0, 0.1) is 12.8 Å². The largest absolute Gasteiger partial charge is 0.342 e. The summed E-state index contributed by atoms with van der Waals surface area (Å²) in [6.07, 6.45) is 0.193. The van der Waals surface area contributed by atoms with E-state index in [4.69, 9.17) is 0 Å². The average Bonchev–Trinajstić information content (AvgIpc) is 3.09. The molecule has 1 N–H and O–H groups in total. The fourth-order valence-corrected chi connectivity index (χ4v) is 3.19. The van der Waals surface area contributed by atoms with Crippen LogP contribution >= 0.6 is 0 Å². The highest BCUT2D eigenvalue weighted by Crippen LogP contribution is 2.20. The molecule has 132 valence electrons. The van der Waals surface area contributed by atoms with Crippen molar-refractivity contribution in [2.45, 2.75) is 20.3 Å². The van der Waals surface area contributed by atoms with E-state index >= 15 is 0 Å². The molecule has 1 saturated heterocycles. The average molecular weight is 342 g/mol. The Morgan fingerprint density at radius 2 is 1.92 bits per heavy atom. The third-order valence-electron chi connectivity index (χ3n) is 4.77. The minimum atomic E-state index is -0.420. The van der Waals surface area contributed by atoms with Gasteiger partial charge in [0.1, 0.15) is 5.69 Å². The number of rotatable bonds is 4. The van der Waals surface area contributed by atoms with Gasteiger partial charge in [0, 0.05) is 26.6 Å². The Kier molecular flexibility index (Phi) is 4.48. The first-order valence-electron chi connectivity index (χ1n) is 8.36. The van der Waals surface area contributed by atoms with E-state index in [1.807, 2.05) is 37.3 Å². The van der Waals surface area contributed by atoms with Crippen LogP contribution in [0.4, 0.5) is 5.69 Å². The number of carbonyl (C=O) groups is 2. The summed E-state index contributed by atoms with van der Waals surface area (Å²) in [5, 5.41) is 2.74. The molecule has 2 heterocycles. The van der Waals surface area contributed by atoms with Crippen molar-refractivity contribution < 1.29 is 9.59 Å². The van der Waals surface area contributed by atoms with Gasteiger partial charge in [-0.3, -0.25) is 19.1 Å². The zero-order valence-electron chi connectivity index (χ0n) is 14.7. The van der Waals surface area contributed by atoms with Gasteiger partial charge >= 0.3 is 0 Å². The first-order chi connectivity index (χ1) is 11.9. The van der Waals surface area contributed by atoms with Crippen molar-refractivity contribution >= 4 is 17.5 Å². The van der Waals surface area contributed by atoms with Gasteiger partial charge < -0.3 is 10.2 Å². The number of hydrogen-bond donors (Lipinski definition) is 1. The number of amides is 2. The zero-order valence-corrected chi connectivity index (χ0v) is 14.7. The third-order valence-corrected chi connectivity index (χ3v) is 4.77. The van der Waals surface area contributed by atoms with Crippen LogP contribution in [0.5, 0.6) is 0 Å². The van der Waals surface area contributed by atoms with E-state index < -0.39 is 5.92 Å². The number of benzene rings is 1. The SMILES string of the molecule is CCN1CC(C(=O)Nc2c(C)n(C)n(-c3ccccc3)c2=O)CC1=O. The summed E-state index contributed by atoms with van der Waals surface area (Å²) in [6, 6.07) is 9.25. The molecule has 0 radical (unpaired) electrons. The van der Waals surface area contributed by atoms with Crippen LogP contribution < -0.4 is 10.9 Å². The molecule has 3 rings (SSSR count). The van der Waals surface area contributed by atoms with Crippen molar-refractivity contribution in [3.05, 3.63) is 46.4 Å². The van der Waals surface area contributed by atoms with E-state index in [0.29, 0.717) is 18.8 Å². The maximum absolute atomic E-state index is 12.8. The zero-order chi connectivity index (χ0) is 18.1. The lowest BCUT2D eigenvalue weighted by molar-refractivity contribution is -0.128. The first kappa shape index (κ1) is 17.0. The third kappa shape index (κ3) is 2.97. The van der Waals surface area contributed by atoms with E-state index in [9.17, 15) is 14.4 Å². The van der Waals surface area contributed by atoms with E-state index in [1.54, 1.807) is 23.6 Å². The van der Waals surface area contributed by atoms with Crippen LogP contribution in [0.1, 0.15) is 19.0 Å². The van der Waals surface area contributed by atoms with Crippen LogP contribution in [0.2, 0.25) is 0 Å². The fourth-order valence-electron chi connectivity index (χ4n) is 3.19. The van der Waals surface area contributed by atoms with Crippen LogP contribution in [0.3, 0.4) is 0 Å². The molecule has 0 saturated carbocycles. The Morgan fingerprint density at radius 1 is 1.24 bits per heavy atom. The summed E-state index contributed by atoms with van der Waals surface area (Å²) in [7, 11) is 1.78. The molecule has 25 heavy (non-hydrogen) atoms. The van der Waals surface area contributed by atoms with Gasteiger partial charge in [0.05, 0.1) is 17.3 Å². The smallest absolute Gasteiger partial charge is 0.295 e. The quantitative estimate of drug-likeness (QED) is 0.910. The maximum Gasteiger partial charge on any atom is 0.295 e. The molecule has 7 heteroatoms. The van der Waals surface area contributed by atoms with Crippen LogP contribution in [-0.4, -0.2) is 39.2 Å². The number of anilines is 1. The molecule has 2 aromatic rings. The predicted molar refractivity (Wildman–Crippen MR) is 94.7 cm³/mol. The minimum Gasteiger partial charge on any atom is -0.342 e. The Balaban J connectivity index is 1.88. The van der Waals surface area contributed by atoms with Gasteiger partial charge in [-0.1, -0.05) is 18.2 Å². The van der Waals surface area contributed by atoms with Crippen molar-refractivity contribution in [1.29, 1.82) is 0 Å². The molecule has 2 amide bonds. The van der Waals surface area contributed by atoms with Gasteiger partial charge in [-0.05, 0) is 26.0 Å². The summed E-state index contributed by atoms with van der Waals surface area (Å²) < 4.78 is 3.23. The number of hydrogen-bond acceptors (Lipinski definition) is 3. The molecule has 1 fully saturated rings. The Morgan fingerprint density at radius 3 is 2.52 bits per heavy atom. The van der Waals surface area contributed by atoms with E-state index in [2.05, 4.69) is 5.32 Å². The van der Waals surface area contributed by atoms with E-state index in [0.717, 1.165) is 5.69 Å². The van der Waals surface area contributed by atoms with Gasteiger partial charge in [0.2, 0.25) is 11.8 Å². The molecule has 1 aromatic carbocycles. The number of nitrogens with zero attached hydrogens (tertiary/aromatic N) is 3. The van der Waals surface area contributed by atoms with Gasteiger partial charge in [-0.15, -0.1) is 0 Å². The summed E-state index contributed by atoms with van der Waals surface area (Å²) in [4.78, 5) is 38.8. The van der Waals surface area contributed by atoms with Gasteiger partial charge in [-0.2, -0.15) is 0 Å². The number of likely N-dealkylation sites (tertiary alicyclic amines) is 1. The van der Waals surface area contributed by atoms with E-state index in [-0.39, 0.29) is 29.5 Å². The van der Waals surface area contributed by atoms with Crippen molar-refractivity contribution in [2.75, 3.05) is 18.4 Å². The number of aromatic nitrogens is 2. The summed E-state index contributed by atoms with van der Waals surface area (Å²) in [6.45, 7) is 4.67. The topological polar surface area (TPSA) is 76.3 Å². The van der Waals surface area contributed by atoms with Crippen molar-refractivity contribution in [3.63, 3.8) is 0 Å². The molecule has 1 aliphatic rings. The molecule has 0 spiro atoms. The molecule has 1 aromatic heterocycles. The first-order valence-corrected chi connectivity index (χ1v) is 8.36. The van der Waals surface area contributed by atoms with Crippen LogP contribution in [0.25, 0.3) is 5.69 Å². The summed E-state index contributed by atoms with van der Waals surface area (Å²) >= 11 is 0. The number of nitrogens with one attached hydrogen (secondary N) is 1. The van der Waals surface area contributed by atoms with Crippen molar-refractivity contribution in [2.24, 2.45) is 13.0 Å². The van der Waals surface area contributed by atoms with Crippen LogP contribution in [0.15, 0.2) is 35.1 Å². The standard InChI is InChI=1S/C18H22N4O3/c1-4-21-11-13(10-15(21)23)17(24)19-16-12(2)20(3)22(18(16)25)14-8-6-5-7-9-14/h5-9,13H,4,10-11H2,1-3H3,(H,19,24). The lowest BCUT2D eigenvalue weighted by Crippen LogP contribution is -2.29. The maximum atomic E-state index is 12.8. The predicted octanol–water partition coefficient (Wildman–Crippen LogP) is 1.29. The molecule has 1 atom stereocenters. The second-order valence-electron chi connectivity index (χ2n) is 6.26. The Hall–Kier alpha value is -2.83. The second kappa shape index (κ2) is 6.58. The Labute approximate surface area is 145 Å². The van der Waals surface area contributed by atoms with Gasteiger partial charge in [0.25, 0.3) is 5.56 Å². The molecular weight excluding hydrogens is 320 g/mol. The molecule has 0 aliphatic carbocycles. The van der Waals surface area contributed by atoms with Crippen molar-refractivity contribution in [3.8, 4) is 5.69 Å². The van der Waals surface area contributed by atoms with E-state index in [1.165, 1.54) is 4.68 Å². The second-order valence-corrected chi connectivity index (χ2v) is 6.26. The highest BCUT2D eigenvalue weighted by atomic mass is 16.2. The lowest BCUT2D eigenvalue weighted by Gasteiger charge is -2.13. The van der Waals surface area contributed by atoms with Crippen LogP contribution in [-0.2, 0) is 16.6 Å². The summed E-state index contributed by atoms with van der Waals surface area (Å²) in [5.41, 5.74) is 1.38. The molecule has 1 unspecified atom stereocenters. The Bertz CT molecular complexity index is 866. The normalized spacial score (nSPS) is 17.2. The molecule has 0 bridgehead atoms. The molecule has 1 aliphatic heterocycles. The monoisotopic (exact) mass is 342 g/mol. The molecule has 7 nitrogen and oxygen atoms in total. The van der Waals surface area contributed by atoms with Gasteiger partial charge in [-0.25, -0.2) is 4.68 Å². The number of carbonyl (C=O) groups excluding carboxylic acids is 2. The number of para-hydroxylation sites is 1. The van der Waals surface area contributed by atoms with Crippen molar-refractivity contribution in [1.82, 2.24) is 14.3 Å². The summed E-state index contributed by atoms with van der Waals surface area (Å²) in [5.74, 6) is -0.721. The van der Waals surface area contributed by atoms with Gasteiger partial charge in [0.15, 0.2) is 0 Å². The molecular formula is C18H22N4O3. The fraction of sp³-hybridized carbons (Fsp3) is 0.389. The highest BCUT2D eigenvalue weighted by molar-refractivity contribution is 5.97.